The Morgan fingerprint density at radius 1 is 1.00 bits per heavy atom. The van der Waals surface area contributed by atoms with Crippen molar-refractivity contribution >= 4 is 0 Å². The summed E-state index contributed by atoms with van der Waals surface area (Å²) >= 11 is 0. The van der Waals surface area contributed by atoms with Crippen LogP contribution < -0.4 is 0 Å². The molecule has 0 aromatic carbocycles. The summed E-state index contributed by atoms with van der Waals surface area (Å²) in [5.41, 5.74) is 0. The third-order valence-electron chi connectivity index (χ3n) is 4.45. The molecule has 0 saturated carbocycles. The lowest BCUT2D eigenvalue weighted by atomic mass is 9.83. The van der Waals surface area contributed by atoms with Crippen LogP contribution >= 0.6 is 0 Å². The van der Waals surface area contributed by atoms with Crippen molar-refractivity contribution in [3.05, 3.63) is 0 Å². The molecule has 0 amide bonds. The first-order chi connectivity index (χ1) is 8.27. The Morgan fingerprint density at radius 2 is 1.71 bits per heavy atom. The van der Waals surface area contributed by atoms with Crippen LogP contribution in [0.25, 0.3) is 0 Å². The summed E-state index contributed by atoms with van der Waals surface area (Å²) in [5, 5.41) is 0. The number of hydrogen-bond acceptors (Lipinski definition) is 1. The molecule has 0 aromatic heterocycles. The second kappa shape index (κ2) is 8.97. The lowest BCUT2D eigenvalue weighted by Crippen LogP contribution is -2.20. The second-order valence-electron chi connectivity index (χ2n) is 6.06. The fraction of sp³-hybridized carbons (Fsp3) is 1.00. The smallest absolute Gasteiger partial charge is 0.000973 e. The first-order valence-electron chi connectivity index (χ1n) is 7.96. The highest BCUT2D eigenvalue weighted by atomic mass is 15.1. The molecule has 2 unspecified atom stereocenters. The van der Waals surface area contributed by atoms with Gasteiger partial charge in [-0.2, -0.15) is 0 Å². The van der Waals surface area contributed by atoms with Crippen molar-refractivity contribution in [1.82, 2.24) is 4.90 Å². The Kier molecular flexibility index (Phi) is 7.92. The second-order valence-corrected chi connectivity index (χ2v) is 6.06. The number of unbranched alkanes of at least 4 members (excludes halogenated alkanes) is 4. The zero-order chi connectivity index (χ0) is 12.5. The summed E-state index contributed by atoms with van der Waals surface area (Å²) in [6.45, 7) is 7.33. The van der Waals surface area contributed by atoms with Crippen molar-refractivity contribution in [3.63, 3.8) is 0 Å². The van der Waals surface area contributed by atoms with E-state index in [9.17, 15) is 0 Å². The van der Waals surface area contributed by atoms with Crippen molar-refractivity contribution < 1.29 is 0 Å². The predicted octanol–water partition coefficient (Wildman–Crippen LogP) is 4.71. The first kappa shape index (κ1) is 15.0. The monoisotopic (exact) mass is 239 g/mol. The van der Waals surface area contributed by atoms with E-state index < -0.39 is 0 Å². The Hall–Kier alpha value is -0.0400. The average molecular weight is 239 g/mol. The van der Waals surface area contributed by atoms with Crippen molar-refractivity contribution in [2.24, 2.45) is 11.8 Å². The van der Waals surface area contributed by atoms with Gasteiger partial charge in [0.2, 0.25) is 0 Å². The molecule has 1 heteroatoms. The molecule has 0 aliphatic carbocycles. The van der Waals surface area contributed by atoms with Gasteiger partial charge in [-0.1, -0.05) is 65.2 Å². The Labute approximate surface area is 109 Å². The van der Waals surface area contributed by atoms with Gasteiger partial charge < -0.3 is 4.90 Å². The van der Waals surface area contributed by atoms with Gasteiger partial charge in [0.1, 0.15) is 0 Å². The highest BCUT2D eigenvalue weighted by Crippen LogP contribution is 2.31. The number of nitrogens with zero attached hydrogens (tertiary/aromatic N) is 1. The quantitative estimate of drug-likeness (QED) is 0.526. The van der Waals surface area contributed by atoms with Crippen molar-refractivity contribution in [1.29, 1.82) is 0 Å². The maximum Gasteiger partial charge on any atom is 0.000973 e. The van der Waals surface area contributed by atoms with E-state index >= 15 is 0 Å². The molecule has 0 spiro atoms. The molecule has 0 aromatic rings. The molecule has 1 saturated heterocycles. The minimum absolute atomic E-state index is 1.01. The minimum atomic E-state index is 1.01. The molecule has 1 nitrogen and oxygen atoms in total. The lowest BCUT2D eigenvalue weighted by Gasteiger charge is -2.23. The molecule has 1 fully saturated rings. The third kappa shape index (κ3) is 5.90. The zero-order valence-corrected chi connectivity index (χ0v) is 12.4. The normalized spacial score (nSPS) is 23.1. The van der Waals surface area contributed by atoms with Crippen LogP contribution in [0.15, 0.2) is 0 Å². The zero-order valence-electron chi connectivity index (χ0n) is 12.4. The molecule has 102 valence electrons. The van der Waals surface area contributed by atoms with E-state index in [-0.39, 0.29) is 0 Å². The van der Waals surface area contributed by atoms with Gasteiger partial charge in [0, 0.05) is 6.54 Å². The molecule has 0 N–H and O–H groups in total. The SMILES string of the molecule is CCCCCCC(CCCC)C1CCN(C)C1. The van der Waals surface area contributed by atoms with Gasteiger partial charge in [-0.3, -0.25) is 0 Å². The molecule has 1 aliphatic heterocycles. The van der Waals surface area contributed by atoms with E-state index in [0.29, 0.717) is 0 Å². The summed E-state index contributed by atoms with van der Waals surface area (Å²) < 4.78 is 0. The van der Waals surface area contributed by atoms with Crippen LogP contribution in [0.5, 0.6) is 0 Å². The van der Waals surface area contributed by atoms with Crippen LogP contribution in [0.3, 0.4) is 0 Å². The number of hydrogen-bond donors (Lipinski definition) is 0. The highest BCUT2D eigenvalue weighted by Gasteiger charge is 2.26. The number of likely N-dealkylation sites (tertiary alicyclic amines) is 1. The van der Waals surface area contributed by atoms with E-state index in [1.807, 2.05) is 0 Å². The molecular formula is C16H33N. The van der Waals surface area contributed by atoms with E-state index in [2.05, 4.69) is 25.8 Å². The molecule has 0 bridgehead atoms. The maximum absolute atomic E-state index is 2.52. The van der Waals surface area contributed by atoms with Gasteiger partial charge in [-0.25, -0.2) is 0 Å². The maximum atomic E-state index is 2.52. The van der Waals surface area contributed by atoms with Crippen molar-refractivity contribution in [3.8, 4) is 0 Å². The van der Waals surface area contributed by atoms with Crippen LogP contribution in [0.4, 0.5) is 0 Å². The van der Waals surface area contributed by atoms with Crippen LogP contribution in [0.2, 0.25) is 0 Å². The fourth-order valence-electron chi connectivity index (χ4n) is 3.27. The topological polar surface area (TPSA) is 3.24 Å². The van der Waals surface area contributed by atoms with Crippen LogP contribution in [0, 0.1) is 11.8 Å². The van der Waals surface area contributed by atoms with Crippen molar-refractivity contribution in [2.75, 3.05) is 20.1 Å². The average Bonchev–Trinajstić information content (AvgIpc) is 2.75. The van der Waals surface area contributed by atoms with Gasteiger partial charge >= 0.3 is 0 Å². The van der Waals surface area contributed by atoms with Crippen LogP contribution in [-0.2, 0) is 0 Å². The van der Waals surface area contributed by atoms with E-state index in [4.69, 9.17) is 0 Å². The Bertz CT molecular complexity index is 178. The molecule has 2 atom stereocenters. The summed E-state index contributed by atoms with van der Waals surface area (Å²) in [6, 6.07) is 0. The minimum Gasteiger partial charge on any atom is -0.306 e. The fourth-order valence-corrected chi connectivity index (χ4v) is 3.27. The van der Waals surface area contributed by atoms with Crippen LogP contribution in [0.1, 0.15) is 71.6 Å². The standard InChI is InChI=1S/C16H33N/c1-4-6-8-9-11-15(10-7-5-2)16-12-13-17(3)14-16/h15-16H,4-14H2,1-3H3. The van der Waals surface area contributed by atoms with Gasteiger partial charge in [0.05, 0.1) is 0 Å². The van der Waals surface area contributed by atoms with Crippen LogP contribution in [-0.4, -0.2) is 25.0 Å². The molecule has 1 rings (SSSR count). The Balaban J connectivity index is 2.26. The van der Waals surface area contributed by atoms with Gasteiger partial charge in [0.15, 0.2) is 0 Å². The number of rotatable bonds is 9. The van der Waals surface area contributed by atoms with E-state index in [0.717, 1.165) is 11.8 Å². The molecule has 1 aliphatic rings. The summed E-state index contributed by atoms with van der Waals surface area (Å²) in [6.07, 6.45) is 13.0. The van der Waals surface area contributed by atoms with Gasteiger partial charge in [-0.15, -0.1) is 0 Å². The van der Waals surface area contributed by atoms with Gasteiger partial charge in [0.25, 0.3) is 0 Å². The lowest BCUT2D eigenvalue weighted by molar-refractivity contribution is 0.275. The van der Waals surface area contributed by atoms with Gasteiger partial charge in [-0.05, 0) is 31.8 Å². The van der Waals surface area contributed by atoms with Crippen molar-refractivity contribution in [2.45, 2.75) is 71.6 Å². The molecule has 0 radical (unpaired) electrons. The summed E-state index contributed by atoms with van der Waals surface area (Å²) in [4.78, 5) is 2.52. The highest BCUT2D eigenvalue weighted by molar-refractivity contribution is 4.79. The molecule has 17 heavy (non-hydrogen) atoms. The summed E-state index contributed by atoms with van der Waals surface area (Å²) in [7, 11) is 2.29. The predicted molar refractivity (Wildman–Crippen MR) is 77.4 cm³/mol. The first-order valence-corrected chi connectivity index (χ1v) is 7.96. The van der Waals surface area contributed by atoms with E-state index in [1.54, 1.807) is 0 Å². The molecular weight excluding hydrogens is 206 g/mol. The third-order valence-corrected chi connectivity index (χ3v) is 4.45. The van der Waals surface area contributed by atoms with E-state index in [1.165, 1.54) is 70.9 Å². The summed E-state index contributed by atoms with van der Waals surface area (Å²) in [5.74, 6) is 2.03. The Morgan fingerprint density at radius 3 is 2.29 bits per heavy atom. The largest absolute Gasteiger partial charge is 0.306 e. The molecule has 1 heterocycles.